The van der Waals surface area contributed by atoms with Gasteiger partial charge in [-0.05, 0) is 49.2 Å². The molecule has 0 aromatic heterocycles. The maximum Gasteiger partial charge on any atom is 0.255 e. The average Bonchev–Trinajstić information content (AvgIpc) is 2.63. The second kappa shape index (κ2) is 7.70. The van der Waals surface area contributed by atoms with Gasteiger partial charge in [0.25, 0.3) is 11.8 Å². The summed E-state index contributed by atoms with van der Waals surface area (Å²) in [6.45, 7) is 1.20. The topological polar surface area (TPSA) is 69.6 Å². The van der Waals surface area contributed by atoms with Crippen LogP contribution in [0.4, 0.5) is 0 Å². The zero-order valence-corrected chi connectivity index (χ0v) is 15.2. The summed E-state index contributed by atoms with van der Waals surface area (Å²) >= 11 is 3.36. The summed E-state index contributed by atoms with van der Waals surface area (Å²) in [4.78, 5) is 26.6. The highest BCUT2D eigenvalue weighted by atomic mass is 79.9. The molecule has 1 aliphatic rings. The molecule has 1 heterocycles. The van der Waals surface area contributed by atoms with Crippen LogP contribution in [0, 0.1) is 0 Å². The fraction of sp³-hybridized carbons (Fsp3) is 0.263. The first-order chi connectivity index (χ1) is 12.0. The minimum atomic E-state index is -0.282. The Morgan fingerprint density at radius 3 is 2.32 bits per heavy atom. The Kier molecular flexibility index (Phi) is 5.38. The predicted molar refractivity (Wildman–Crippen MR) is 98.6 cm³/mol. The second-order valence-electron chi connectivity index (χ2n) is 6.06. The van der Waals surface area contributed by atoms with Gasteiger partial charge in [0.1, 0.15) is 5.75 Å². The van der Waals surface area contributed by atoms with Gasteiger partial charge in [-0.2, -0.15) is 0 Å². The molecule has 3 rings (SSSR count). The van der Waals surface area contributed by atoms with Crippen molar-refractivity contribution in [2.24, 2.45) is 0 Å². The Balaban J connectivity index is 1.55. The van der Waals surface area contributed by atoms with Crippen LogP contribution in [-0.4, -0.2) is 41.0 Å². The number of likely N-dealkylation sites (tertiary alicyclic amines) is 1. The Hall–Kier alpha value is -2.34. The number of piperidine rings is 1. The molecule has 1 fully saturated rings. The van der Waals surface area contributed by atoms with Crippen LogP contribution in [0.2, 0.25) is 0 Å². The molecule has 2 N–H and O–H groups in total. The lowest BCUT2D eigenvalue weighted by Crippen LogP contribution is -2.46. The number of carbonyl (C=O) groups is 2. The number of hydrogen-bond donors (Lipinski definition) is 2. The maximum absolute atomic E-state index is 12.5. The van der Waals surface area contributed by atoms with Crippen LogP contribution >= 0.6 is 15.9 Å². The number of nitrogens with zero attached hydrogens (tertiary/aromatic N) is 1. The van der Waals surface area contributed by atoms with Gasteiger partial charge in [-0.15, -0.1) is 0 Å². The Morgan fingerprint density at radius 1 is 1.04 bits per heavy atom. The molecule has 2 aromatic rings. The van der Waals surface area contributed by atoms with Crippen molar-refractivity contribution in [3.8, 4) is 5.75 Å². The third-order valence-corrected chi connectivity index (χ3v) is 4.89. The summed E-state index contributed by atoms with van der Waals surface area (Å²) in [5, 5.41) is 12.7. The minimum absolute atomic E-state index is 0.000994. The van der Waals surface area contributed by atoms with Gasteiger partial charge < -0.3 is 15.3 Å². The normalized spacial score (nSPS) is 15.0. The van der Waals surface area contributed by atoms with Crippen molar-refractivity contribution < 1.29 is 14.7 Å². The molecule has 5 nitrogen and oxygen atoms in total. The fourth-order valence-electron chi connectivity index (χ4n) is 2.93. The molecular formula is C19H19BrN2O3. The van der Waals surface area contributed by atoms with E-state index in [0.717, 1.165) is 4.47 Å². The lowest BCUT2D eigenvalue weighted by molar-refractivity contribution is 0.0698. The first kappa shape index (κ1) is 17.5. The van der Waals surface area contributed by atoms with Gasteiger partial charge >= 0.3 is 0 Å². The zero-order valence-electron chi connectivity index (χ0n) is 13.6. The first-order valence-corrected chi connectivity index (χ1v) is 8.97. The summed E-state index contributed by atoms with van der Waals surface area (Å²) in [5.41, 5.74) is 0.941. The van der Waals surface area contributed by atoms with Gasteiger partial charge in [-0.25, -0.2) is 0 Å². The van der Waals surface area contributed by atoms with E-state index < -0.39 is 0 Å². The number of phenolic OH excluding ortho intramolecular Hbond substituents is 1. The molecule has 2 amide bonds. The minimum Gasteiger partial charge on any atom is -0.507 e. The number of benzene rings is 2. The van der Waals surface area contributed by atoms with E-state index in [-0.39, 0.29) is 29.2 Å². The summed E-state index contributed by atoms with van der Waals surface area (Å²) in [6.07, 6.45) is 1.39. The molecule has 1 saturated heterocycles. The number of aromatic hydroxyl groups is 1. The van der Waals surface area contributed by atoms with E-state index in [4.69, 9.17) is 0 Å². The summed E-state index contributed by atoms with van der Waals surface area (Å²) < 4.78 is 0.939. The number of hydrogen-bond acceptors (Lipinski definition) is 3. The van der Waals surface area contributed by atoms with Crippen LogP contribution in [0.25, 0.3) is 0 Å². The zero-order chi connectivity index (χ0) is 17.8. The third kappa shape index (κ3) is 4.20. The van der Waals surface area contributed by atoms with E-state index in [2.05, 4.69) is 21.2 Å². The number of para-hydroxylation sites is 1. The largest absolute Gasteiger partial charge is 0.507 e. The van der Waals surface area contributed by atoms with Crippen molar-refractivity contribution in [2.75, 3.05) is 13.1 Å². The molecule has 0 saturated carbocycles. The standard InChI is InChI=1S/C19H19BrN2O3/c20-14-7-5-13(6-8-14)19(25)22-11-9-15(10-12-22)21-18(24)16-3-1-2-4-17(16)23/h1-8,15,23H,9-12H2,(H,21,24). The number of phenols is 1. The molecule has 25 heavy (non-hydrogen) atoms. The van der Waals surface area contributed by atoms with Crippen molar-refractivity contribution in [3.05, 3.63) is 64.1 Å². The van der Waals surface area contributed by atoms with Gasteiger partial charge in [-0.1, -0.05) is 28.1 Å². The van der Waals surface area contributed by atoms with E-state index in [0.29, 0.717) is 31.5 Å². The highest BCUT2D eigenvalue weighted by molar-refractivity contribution is 9.10. The Bertz CT molecular complexity index is 768. The van der Waals surface area contributed by atoms with Crippen LogP contribution in [0.5, 0.6) is 5.75 Å². The highest BCUT2D eigenvalue weighted by Crippen LogP contribution is 2.19. The van der Waals surface area contributed by atoms with Crippen LogP contribution in [0.15, 0.2) is 53.0 Å². The molecule has 1 aliphatic heterocycles. The predicted octanol–water partition coefficient (Wildman–Crippen LogP) is 3.19. The Labute approximate surface area is 154 Å². The molecule has 0 radical (unpaired) electrons. The van der Waals surface area contributed by atoms with Crippen LogP contribution in [0.3, 0.4) is 0 Å². The fourth-order valence-corrected chi connectivity index (χ4v) is 3.20. The molecule has 0 spiro atoms. The van der Waals surface area contributed by atoms with E-state index in [9.17, 15) is 14.7 Å². The van der Waals surface area contributed by atoms with Crippen molar-refractivity contribution >= 4 is 27.7 Å². The summed E-state index contributed by atoms with van der Waals surface area (Å²) in [7, 11) is 0. The SMILES string of the molecule is O=C(NC1CCN(C(=O)c2ccc(Br)cc2)CC1)c1ccccc1O. The number of amides is 2. The number of nitrogens with one attached hydrogen (secondary N) is 1. The van der Waals surface area contributed by atoms with Gasteiger partial charge in [-0.3, -0.25) is 9.59 Å². The lowest BCUT2D eigenvalue weighted by Gasteiger charge is -2.32. The van der Waals surface area contributed by atoms with E-state index in [1.165, 1.54) is 6.07 Å². The number of rotatable bonds is 3. The van der Waals surface area contributed by atoms with Gasteiger partial charge in [0.2, 0.25) is 0 Å². The van der Waals surface area contributed by atoms with Crippen molar-refractivity contribution in [3.63, 3.8) is 0 Å². The van der Waals surface area contributed by atoms with Crippen LogP contribution in [0.1, 0.15) is 33.6 Å². The van der Waals surface area contributed by atoms with Gasteiger partial charge in [0, 0.05) is 29.2 Å². The highest BCUT2D eigenvalue weighted by Gasteiger charge is 2.25. The van der Waals surface area contributed by atoms with Crippen molar-refractivity contribution in [2.45, 2.75) is 18.9 Å². The molecule has 0 bridgehead atoms. The molecule has 6 heteroatoms. The quantitative estimate of drug-likeness (QED) is 0.827. The molecule has 130 valence electrons. The molecular weight excluding hydrogens is 384 g/mol. The van der Waals surface area contributed by atoms with E-state index in [1.54, 1.807) is 30.3 Å². The first-order valence-electron chi connectivity index (χ1n) is 8.18. The number of halogens is 1. The van der Waals surface area contributed by atoms with Crippen LogP contribution < -0.4 is 5.32 Å². The molecule has 0 atom stereocenters. The molecule has 2 aromatic carbocycles. The lowest BCUT2D eigenvalue weighted by atomic mass is 10.0. The summed E-state index contributed by atoms with van der Waals surface area (Å²) in [5.74, 6) is -0.295. The smallest absolute Gasteiger partial charge is 0.255 e. The second-order valence-corrected chi connectivity index (χ2v) is 6.98. The number of carbonyl (C=O) groups excluding carboxylic acids is 2. The van der Waals surface area contributed by atoms with Crippen molar-refractivity contribution in [1.29, 1.82) is 0 Å². The average molecular weight is 403 g/mol. The molecule has 0 aliphatic carbocycles. The van der Waals surface area contributed by atoms with E-state index >= 15 is 0 Å². The van der Waals surface area contributed by atoms with Crippen molar-refractivity contribution in [1.82, 2.24) is 10.2 Å². The summed E-state index contributed by atoms with van der Waals surface area (Å²) in [6, 6.07) is 13.8. The van der Waals surface area contributed by atoms with Gasteiger partial charge in [0.15, 0.2) is 0 Å². The van der Waals surface area contributed by atoms with Crippen LogP contribution in [-0.2, 0) is 0 Å². The van der Waals surface area contributed by atoms with E-state index in [1.807, 2.05) is 17.0 Å². The maximum atomic E-state index is 12.5. The Morgan fingerprint density at radius 2 is 1.68 bits per heavy atom. The monoisotopic (exact) mass is 402 g/mol. The molecule has 0 unspecified atom stereocenters. The van der Waals surface area contributed by atoms with Gasteiger partial charge in [0.05, 0.1) is 5.56 Å². The third-order valence-electron chi connectivity index (χ3n) is 4.36.